The second kappa shape index (κ2) is 13.3. The third-order valence-electron chi connectivity index (χ3n) is 5.82. The predicted octanol–water partition coefficient (Wildman–Crippen LogP) is 4.50. The van der Waals surface area contributed by atoms with Gasteiger partial charge >= 0.3 is 5.97 Å². The molecule has 1 amide bonds. The number of carboxylic acids is 1. The van der Waals surface area contributed by atoms with Gasteiger partial charge in [-0.05, 0) is 35.7 Å². The van der Waals surface area contributed by atoms with E-state index in [4.69, 9.17) is 14.6 Å². The smallest absolute Gasteiger partial charge is 0.303 e. The number of nitrogens with one attached hydrogen (secondary N) is 1. The molecule has 1 fully saturated rings. The first-order chi connectivity index (χ1) is 18.0. The number of hydrogen-bond acceptors (Lipinski definition) is 8. The third kappa shape index (κ3) is 8.09. The minimum Gasteiger partial charge on any atom is -0.481 e. The summed E-state index contributed by atoms with van der Waals surface area (Å²) in [6, 6.07) is 16.7. The van der Waals surface area contributed by atoms with E-state index >= 15 is 0 Å². The molecule has 9 nitrogen and oxygen atoms in total. The highest BCUT2D eigenvalue weighted by Crippen LogP contribution is 2.39. The van der Waals surface area contributed by atoms with E-state index in [1.54, 1.807) is 30.6 Å². The summed E-state index contributed by atoms with van der Waals surface area (Å²) in [6.45, 7) is -0.0175. The van der Waals surface area contributed by atoms with Crippen LogP contribution in [0, 0.1) is 0 Å². The van der Waals surface area contributed by atoms with E-state index in [1.165, 1.54) is 11.8 Å². The van der Waals surface area contributed by atoms with Crippen molar-refractivity contribution in [2.24, 2.45) is 0 Å². The maximum absolute atomic E-state index is 12.1. The number of amides is 1. The van der Waals surface area contributed by atoms with Gasteiger partial charge in [-0.3, -0.25) is 9.59 Å². The number of aliphatic hydroxyl groups excluding tert-OH is 1. The summed E-state index contributed by atoms with van der Waals surface area (Å²) >= 11 is 1.52. The molecule has 3 unspecified atom stereocenters. The predicted molar refractivity (Wildman–Crippen MR) is 138 cm³/mol. The molecule has 1 aromatic heterocycles. The summed E-state index contributed by atoms with van der Waals surface area (Å²) in [4.78, 5) is 31.3. The lowest BCUT2D eigenvalue weighted by molar-refractivity contribution is -0.245. The summed E-state index contributed by atoms with van der Waals surface area (Å²) in [5.74, 6) is -0.495. The molecule has 1 saturated heterocycles. The number of hydrogen-bond donors (Lipinski definition) is 3. The number of carbonyl (C=O) groups is 2. The van der Waals surface area contributed by atoms with Crippen LogP contribution in [0.15, 0.2) is 72.1 Å². The van der Waals surface area contributed by atoms with Crippen molar-refractivity contribution in [1.82, 2.24) is 9.97 Å². The minimum absolute atomic E-state index is 0.0175. The molecule has 0 saturated carbocycles. The Morgan fingerprint density at radius 3 is 2.35 bits per heavy atom. The molecule has 1 aliphatic rings. The van der Waals surface area contributed by atoms with Crippen LogP contribution >= 0.6 is 11.8 Å². The Morgan fingerprint density at radius 2 is 1.68 bits per heavy atom. The SMILES string of the molecule is O=C(O)CCCC(=O)Nc1ccc(C2OC(CSc3ncccn3)CC(c3ccc(CO)cc3)O2)cc1. The fourth-order valence-corrected chi connectivity index (χ4v) is 4.72. The highest BCUT2D eigenvalue weighted by atomic mass is 32.2. The lowest BCUT2D eigenvalue weighted by Crippen LogP contribution is -2.31. The molecule has 3 N–H and O–H groups in total. The molecule has 2 heterocycles. The Bertz CT molecular complexity index is 1160. The Balaban J connectivity index is 1.43. The highest BCUT2D eigenvalue weighted by molar-refractivity contribution is 7.99. The average molecular weight is 524 g/mol. The molecule has 194 valence electrons. The van der Waals surface area contributed by atoms with Gasteiger partial charge in [0, 0.05) is 48.7 Å². The van der Waals surface area contributed by atoms with Crippen molar-refractivity contribution in [2.45, 2.75) is 55.9 Å². The van der Waals surface area contributed by atoms with E-state index in [2.05, 4.69) is 15.3 Å². The normalized spacial score (nSPS) is 19.3. The molecule has 3 aromatic rings. The number of aromatic nitrogens is 2. The van der Waals surface area contributed by atoms with Crippen molar-refractivity contribution in [3.8, 4) is 0 Å². The van der Waals surface area contributed by atoms with Crippen molar-refractivity contribution < 1.29 is 29.3 Å². The van der Waals surface area contributed by atoms with Crippen LogP contribution in [0.25, 0.3) is 0 Å². The van der Waals surface area contributed by atoms with E-state index in [-0.39, 0.29) is 44.0 Å². The second-order valence-corrected chi connectivity index (χ2v) is 9.60. The Morgan fingerprint density at radius 1 is 0.973 bits per heavy atom. The molecule has 1 aliphatic heterocycles. The summed E-state index contributed by atoms with van der Waals surface area (Å²) in [5.41, 5.74) is 3.26. The van der Waals surface area contributed by atoms with Crippen molar-refractivity contribution in [1.29, 1.82) is 0 Å². The summed E-state index contributed by atoms with van der Waals surface area (Å²) in [7, 11) is 0. The molecule has 0 aliphatic carbocycles. The summed E-state index contributed by atoms with van der Waals surface area (Å²) in [5, 5.41) is 21.6. The average Bonchev–Trinajstić information content (AvgIpc) is 2.92. The molecule has 0 spiro atoms. The number of carbonyl (C=O) groups excluding carboxylic acids is 1. The molecular weight excluding hydrogens is 494 g/mol. The van der Waals surface area contributed by atoms with E-state index in [9.17, 15) is 14.7 Å². The number of benzene rings is 2. The van der Waals surface area contributed by atoms with E-state index in [0.29, 0.717) is 23.0 Å². The molecule has 4 rings (SSSR count). The number of aliphatic hydroxyl groups is 1. The van der Waals surface area contributed by atoms with E-state index in [1.807, 2.05) is 36.4 Å². The number of nitrogens with zero attached hydrogens (tertiary/aromatic N) is 2. The standard InChI is InChI=1S/C27H29N3O6S/c31-16-18-5-7-19(8-6-18)23-15-22(17-37-27-28-13-2-14-29-27)35-26(36-23)20-9-11-21(12-10-20)30-24(32)3-1-4-25(33)34/h2,5-14,22-23,26,31H,1,3-4,15-17H2,(H,30,32)(H,33,34). The quantitative estimate of drug-likeness (QED) is 0.246. The summed E-state index contributed by atoms with van der Waals surface area (Å²) < 4.78 is 12.6. The minimum atomic E-state index is -0.916. The van der Waals surface area contributed by atoms with Gasteiger partial charge in [0.25, 0.3) is 0 Å². The Kier molecular flexibility index (Phi) is 9.61. The molecule has 2 aromatic carbocycles. The van der Waals surface area contributed by atoms with Crippen molar-refractivity contribution >= 4 is 29.3 Å². The number of thioether (sulfide) groups is 1. The number of aliphatic carboxylic acids is 1. The number of ether oxygens (including phenoxy) is 2. The number of rotatable bonds is 11. The zero-order valence-electron chi connectivity index (χ0n) is 20.2. The molecule has 10 heteroatoms. The van der Waals surface area contributed by atoms with Crippen LogP contribution in [0.5, 0.6) is 0 Å². The topological polar surface area (TPSA) is 131 Å². The molecular formula is C27H29N3O6S. The Hall–Kier alpha value is -3.31. The zero-order valence-corrected chi connectivity index (χ0v) is 21.0. The van der Waals surface area contributed by atoms with Crippen LogP contribution in [-0.2, 0) is 25.7 Å². The van der Waals surface area contributed by atoms with Gasteiger partial charge in [0.2, 0.25) is 5.91 Å². The van der Waals surface area contributed by atoms with Gasteiger partial charge in [-0.2, -0.15) is 0 Å². The van der Waals surface area contributed by atoms with Gasteiger partial charge in [0.1, 0.15) is 0 Å². The number of carboxylic acid groups (broad SMARTS) is 1. The fourth-order valence-electron chi connectivity index (χ4n) is 3.90. The van der Waals surface area contributed by atoms with Gasteiger partial charge in [0.15, 0.2) is 11.4 Å². The van der Waals surface area contributed by atoms with Crippen LogP contribution in [-0.4, -0.2) is 43.9 Å². The van der Waals surface area contributed by atoms with Crippen LogP contribution in [0.1, 0.15) is 54.8 Å². The molecule has 0 radical (unpaired) electrons. The third-order valence-corrected chi connectivity index (χ3v) is 6.82. The van der Waals surface area contributed by atoms with Crippen LogP contribution in [0.3, 0.4) is 0 Å². The lowest BCUT2D eigenvalue weighted by atomic mass is 10.0. The first kappa shape index (κ1) is 26.7. The fraction of sp³-hybridized carbons (Fsp3) is 0.333. The monoisotopic (exact) mass is 523 g/mol. The maximum Gasteiger partial charge on any atom is 0.303 e. The van der Waals surface area contributed by atoms with Gasteiger partial charge in [-0.15, -0.1) is 0 Å². The zero-order chi connectivity index (χ0) is 26.0. The molecule has 3 atom stereocenters. The first-order valence-electron chi connectivity index (χ1n) is 12.0. The van der Waals surface area contributed by atoms with Crippen LogP contribution < -0.4 is 5.32 Å². The van der Waals surface area contributed by atoms with E-state index < -0.39 is 12.3 Å². The van der Waals surface area contributed by atoms with Gasteiger partial charge in [-0.25, -0.2) is 9.97 Å². The van der Waals surface area contributed by atoms with E-state index in [0.717, 1.165) is 16.7 Å². The molecule has 0 bridgehead atoms. The first-order valence-corrected chi connectivity index (χ1v) is 13.0. The summed E-state index contributed by atoms with van der Waals surface area (Å²) in [6.07, 6.45) is 3.52. The largest absolute Gasteiger partial charge is 0.481 e. The van der Waals surface area contributed by atoms with Crippen LogP contribution in [0.2, 0.25) is 0 Å². The molecule has 37 heavy (non-hydrogen) atoms. The second-order valence-electron chi connectivity index (χ2n) is 8.61. The van der Waals surface area contributed by atoms with Crippen molar-refractivity contribution in [3.05, 3.63) is 83.7 Å². The van der Waals surface area contributed by atoms with Crippen LogP contribution in [0.4, 0.5) is 5.69 Å². The number of anilines is 1. The maximum atomic E-state index is 12.1. The van der Waals surface area contributed by atoms with Crippen molar-refractivity contribution in [3.63, 3.8) is 0 Å². The van der Waals surface area contributed by atoms with Gasteiger partial charge < -0.3 is 25.0 Å². The lowest BCUT2D eigenvalue weighted by Gasteiger charge is -2.36. The highest BCUT2D eigenvalue weighted by Gasteiger charge is 2.32. The van der Waals surface area contributed by atoms with Gasteiger partial charge in [0.05, 0.1) is 18.8 Å². The van der Waals surface area contributed by atoms with Crippen molar-refractivity contribution in [2.75, 3.05) is 11.1 Å². The van der Waals surface area contributed by atoms with Gasteiger partial charge in [-0.1, -0.05) is 48.2 Å². The Labute approximate surface area is 219 Å².